The molecule has 3 aromatic rings. The number of H-pyrrole nitrogens is 1. The average molecular weight is 387 g/mol. The Morgan fingerprint density at radius 3 is 2.56 bits per heavy atom. The van der Waals surface area contributed by atoms with Crippen molar-refractivity contribution in [2.45, 2.75) is 25.4 Å². The van der Waals surface area contributed by atoms with Gasteiger partial charge in [0.15, 0.2) is 0 Å². The zero-order chi connectivity index (χ0) is 19.4. The van der Waals surface area contributed by atoms with Crippen LogP contribution in [-0.4, -0.2) is 26.8 Å². The molecule has 8 nitrogen and oxygen atoms in total. The normalized spacial score (nSPS) is 12.0. The lowest BCUT2D eigenvalue weighted by Crippen LogP contribution is -2.34. The molecule has 27 heavy (non-hydrogen) atoms. The van der Waals surface area contributed by atoms with Crippen molar-refractivity contribution in [1.82, 2.24) is 15.1 Å². The average Bonchev–Trinajstić information content (AvgIpc) is 3.17. The summed E-state index contributed by atoms with van der Waals surface area (Å²) < 4.78 is 1.10. The third kappa shape index (κ3) is 4.32. The minimum Gasteiger partial charge on any atom is -0.481 e. The lowest BCUT2D eigenvalue weighted by atomic mass is 10.1. The second-order valence-electron chi connectivity index (χ2n) is 5.93. The molecule has 0 spiro atoms. The van der Waals surface area contributed by atoms with Gasteiger partial charge >= 0.3 is 5.97 Å². The van der Waals surface area contributed by atoms with Crippen LogP contribution in [0, 0.1) is 0 Å². The zero-order valence-electron chi connectivity index (χ0n) is 14.2. The second kappa shape index (κ2) is 8.00. The molecule has 1 aromatic carbocycles. The molecule has 1 atom stereocenters. The lowest BCUT2D eigenvalue weighted by Gasteiger charge is -2.16. The Bertz CT molecular complexity index is 1080. The van der Waals surface area contributed by atoms with Crippen molar-refractivity contribution in [2.75, 3.05) is 0 Å². The Morgan fingerprint density at radius 2 is 1.89 bits per heavy atom. The Labute approximate surface area is 157 Å². The van der Waals surface area contributed by atoms with Gasteiger partial charge in [0.25, 0.3) is 11.1 Å². The molecule has 2 heterocycles. The molecule has 0 fully saturated rings. The highest BCUT2D eigenvalue weighted by molar-refractivity contribution is 7.10. The van der Waals surface area contributed by atoms with Gasteiger partial charge in [0.05, 0.1) is 29.8 Å². The van der Waals surface area contributed by atoms with Crippen LogP contribution in [0.25, 0.3) is 10.8 Å². The van der Waals surface area contributed by atoms with Crippen LogP contribution < -0.4 is 16.4 Å². The predicted molar refractivity (Wildman–Crippen MR) is 101 cm³/mol. The molecule has 0 radical (unpaired) electrons. The quantitative estimate of drug-likeness (QED) is 0.567. The molecule has 0 aliphatic rings. The number of benzene rings is 1. The Kier molecular flexibility index (Phi) is 5.51. The van der Waals surface area contributed by atoms with E-state index in [1.807, 2.05) is 0 Å². The first-order chi connectivity index (χ1) is 13.0. The summed E-state index contributed by atoms with van der Waals surface area (Å²) in [4.78, 5) is 48.5. The van der Waals surface area contributed by atoms with E-state index in [1.54, 1.807) is 41.8 Å². The van der Waals surface area contributed by atoms with Crippen LogP contribution in [0.5, 0.6) is 0 Å². The highest BCUT2D eigenvalue weighted by Crippen LogP contribution is 2.22. The van der Waals surface area contributed by atoms with Crippen LogP contribution >= 0.6 is 11.3 Å². The molecular formula is C18H17N3O5S. The zero-order valence-corrected chi connectivity index (χ0v) is 15.0. The summed E-state index contributed by atoms with van der Waals surface area (Å²) in [5.41, 5.74) is -0.800. The summed E-state index contributed by atoms with van der Waals surface area (Å²) in [6.45, 7) is -0.0189. The maximum Gasteiger partial charge on any atom is 0.305 e. The van der Waals surface area contributed by atoms with Crippen molar-refractivity contribution >= 4 is 34.0 Å². The van der Waals surface area contributed by atoms with Crippen LogP contribution in [0.2, 0.25) is 0 Å². The van der Waals surface area contributed by atoms with Gasteiger partial charge in [-0.25, -0.2) is 4.68 Å². The van der Waals surface area contributed by atoms with E-state index in [4.69, 9.17) is 5.11 Å². The van der Waals surface area contributed by atoms with E-state index in [2.05, 4.69) is 10.4 Å². The van der Waals surface area contributed by atoms with Gasteiger partial charge in [-0.15, -0.1) is 11.3 Å². The number of nitrogens with zero attached hydrogens (tertiary/aromatic N) is 1. The van der Waals surface area contributed by atoms with Gasteiger partial charge in [-0.05, 0) is 23.6 Å². The first-order valence-corrected chi connectivity index (χ1v) is 9.10. The van der Waals surface area contributed by atoms with Gasteiger partial charge in [-0.3, -0.25) is 24.3 Å². The van der Waals surface area contributed by atoms with E-state index in [-0.39, 0.29) is 24.8 Å². The van der Waals surface area contributed by atoms with Crippen molar-refractivity contribution in [3.8, 4) is 0 Å². The highest BCUT2D eigenvalue weighted by Gasteiger charge is 2.19. The third-order valence-corrected chi connectivity index (χ3v) is 5.03. The number of carbonyl (C=O) groups is 2. The van der Waals surface area contributed by atoms with Gasteiger partial charge in [-0.2, -0.15) is 0 Å². The Hall–Kier alpha value is -3.20. The molecule has 3 N–H and O–H groups in total. The van der Waals surface area contributed by atoms with Gasteiger partial charge in [0, 0.05) is 11.3 Å². The van der Waals surface area contributed by atoms with Crippen LogP contribution in [0.4, 0.5) is 0 Å². The highest BCUT2D eigenvalue weighted by atomic mass is 32.1. The molecule has 2 aromatic heterocycles. The number of aliphatic carboxylic acids is 1. The summed E-state index contributed by atoms with van der Waals surface area (Å²) in [5, 5.41) is 16.6. The number of thiophene rings is 1. The summed E-state index contributed by atoms with van der Waals surface area (Å²) >= 11 is 1.35. The number of hydrogen-bond donors (Lipinski definition) is 3. The Balaban J connectivity index is 1.73. The van der Waals surface area contributed by atoms with E-state index in [9.17, 15) is 19.2 Å². The van der Waals surface area contributed by atoms with Crippen molar-refractivity contribution in [3.63, 3.8) is 0 Å². The fourth-order valence-electron chi connectivity index (χ4n) is 2.77. The van der Waals surface area contributed by atoms with E-state index >= 15 is 0 Å². The van der Waals surface area contributed by atoms with E-state index < -0.39 is 29.0 Å². The third-order valence-electron chi connectivity index (χ3n) is 4.05. The minimum absolute atomic E-state index is 0.0189. The molecule has 0 unspecified atom stereocenters. The largest absolute Gasteiger partial charge is 0.481 e. The monoisotopic (exact) mass is 387 g/mol. The van der Waals surface area contributed by atoms with Crippen molar-refractivity contribution < 1.29 is 14.7 Å². The van der Waals surface area contributed by atoms with E-state index in [0.717, 1.165) is 9.56 Å². The topological polar surface area (TPSA) is 121 Å². The molecule has 0 aliphatic carbocycles. The van der Waals surface area contributed by atoms with Crippen LogP contribution in [-0.2, 0) is 16.1 Å². The van der Waals surface area contributed by atoms with Crippen molar-refractivity contribution in [2.24, 2.45) is 0 Å². The molecule has 9 heteroatoms. The molecule has 0 saturated heterocycles. The number of aromatic nitrogens is 2. The lowest BCUT2D eigenvalue weighted by molar-refractivity contribution is -0.137. The van der Waals surface area contributed by atoms with Crippen LogP contribution in [0.1, 0.15) is 23.8 Å². The second-order valence-corrected chi connectivity index (χ2v) is 6.91. The maximum absolute atomic E-state index is 12.4. The van der Waals surface area contributed by atoms with Gasteiger partial charge in [0.2, 0.25) is 5.91 Å². The molecule has 1 amide bonds. The van der Waals surface area contributed by atoms with Crippen molar-refractivity contribution in [1.29, 1.82) is 0 Å². The number of carbonyl (C=O) groups excluding carboxylic acids is 1. The fourth-order valence-corrected chi connectivity index (χ4v) is 3.55. The van der Waals surface area contributed by atoms with Gasteiger partial charge in [-0.1, -0.05) is 18.2 Å². The maximum atomic E-state index is 12.4. The number of amides is 1. The molecule has 3 rings (SSSR count). The van der Waals surface area contributed by atoms with E-state index in [1.165, 1.54) is 11.3 Å². The molecule has 0 bridgehead atoms. The minimum atomic E-state index is -1.02. The van der Waals surface area contributed by atoms with Crippen LogP contribution in [0.3, 0.4) is 0 Å². The number of nitrogens with one attached hydrogen (secondary N) is 2. The van der Waals surface area contributed by atoms with E-state index in [0.29, 0.717) is 5.39 Å². The summed E-state index contributed by atoms with van der Waals surface area (Å²) in [5.74, 6) is -1.43. The number of aromatic amines is 1. The summed E-state index contributed by atoms with van der Waals surface area (Å²) in [7, 11) is 0. The Morgan fingerprint density at radius 1 is 1.15 bits per heavy atom. The summed E-state index contributed by atoms with van der Waals surface area (Å²) in [6.07, 6.45) is -0.311. The number of carboxylic acid groups (broad SMARTS) is 1. The molecule has 0 aliphatic heterocycles. The predicted octanol–water partition coefficient (Wildman–Crippen LogP) is 1.47. The van der Waals surface area contributed by atoms with Crippen LogP contribution in [0.15, 0.2) is 51.4 Å². The summed E-state index contributed by atoms with van der Waals surface area (Å²) in [6, 6.07) is 9.35. The standard InChI is InChI=1S/C18H17N3O5S/c22-15(19-13(10-16(23)24)14-6-3-9-27-14)7-8-21-18(26)12-5-2-1-4-11(12)17(25)20-21/h1-6,9,13H,7-8,10H2,(H,19,22)(H,20,25)(H,23,24)/t13-/m1/s1. The number of aryl methyl sites for hydroxylation is 1. The number of rotatable bonds is 7. The number of carboxylic acids is 1. The first-order valence-electron chi connectivity index (χ1n) is 8.22. The molecule has 0 saturated carbocycles. The number of fused-ring (bicyclic) bond motifs is 1. The number of hydrogen-bond acceptors (Lipinski definition) is 5. The van der Waals surface area contributed by atoms with Gasteiger partial charge in [0.1, 0.15) is 0 Å². The smallest absolute Gasteiger partial charge is 0.305 e. The van der Waals surface area contributed by atoms with Gasteiger partial charge < -0.3 is 10.4 Å². The fraction of sp³-hybridized carbons (Fsp3) is 0.222. The molecule has 140 valence electrons. The molecular weight excluding hydrogens is 370 g/mol. The van der Waals surface area contributed by atoms with Crippen molar-refractivity contribution in [3.05, 3.63) is 67.4 Å². The first kappa shape index (κ1) is 18.6. The SMILES string of the molecule is O=C(O)C[C@@H](NC(=O)CCn1[nH]c(=O)c2ccccc2c1=O)c1cccs1.